The van der Waals surface area contributed by atoms with Gasteiger partial charge in [0.15, 0.2) is 6.61 Å². The van der Waals surface area contributed by atoms with Crippen molar-refractivity contribution in [2.75, 3.05) is 6.61 Å². The van der Waals surface area contributed by atoms with Crippen molar-refractivity contribution < 1.29 is 19.7 Å². The molecule has 0 aliphatic heterocycles. The van der Waals surface area contributed by atoms with E-state index in [1.54, 1.807) is 13.0 Å². The molecule has 0 saturated carbocycles. The van der Waals surface area contributed by atoms with Crippen molar-refractivity contribution in [3.05, 3.63) is 78.4 Å². The Morgan fingerprint density at radius 2 is 1.71 bits per heavy atom. The second kappa shape index (κ2) is 8.73. The number of benzene rings is 3. The number of amides is 1. The van der Waals surface area contributed by atoms with Crippen molar-refractivity contribution in [1.82, 2.24) is 5.43 Å². The largest absolute Gasteiger partial charge is 0.508 e. The molecule has 0 fully saturated rings. The van der Waals surface area contributed by atoms with Crippen LogP contribution in [0.25, 0.3) is 11.1 Å². The molecule has 0 aliphatic carbocycles. The first-order valence-electron chi connectivity index (χ1n) is 8.67. The predicted octanol–water partition coefficient (Wildman–Crippen LogP) is 3.68. The Bertz CT molecular complexity index is 1000. The van der Waals surface area contributed by atoms with Gasteiger partial charge in [0, 0.05) is 11.1 Å². The summed E-state index contributed by atoms with van der Waals surface area (Å²) in [5.41, 5.74) is 4.95. The number of carbonyl (C=O) groups is 1. The molecule has 0 radical (unpaired) electrons. The Morgan fingerprint density at radius 1 is 1.00 bits per heavy atom. The van der Waals surface area contributed by atoms with Crippen molar-refractivity contribution in [1.29, 1.82) is 0 Å². The number of rotatable bonds is 6. The van der Waals surface area contributed by atoms with Crippen LogP contribution in [0.1, 0.15) is 12.5 Å². The summed E-state index contributed by atoms with van der Waals surface area (Å²) in [7, 11) is 0. The molecule has 0 heterocycles. The maximum absolute atomic E-state index is 12.1. The topological polar surface area (TPSA) is 91.2 Å². The molecular weight excluding hydrogens is 356 g/mol. The summed E-state index contributed by atoms with van der Waals surface area (Å²) in [6, 6.07) is 21.3. The summed E-state index contributed by atoms with van der Waals surface area (Å²) < 4.78 is 5.66. The van der Waals surface area contributed by atoms with E-state index >= 15 is 0 Å². The highest BCUT2D eigenvalue weighted by Crippen LogP contribution is 2.29. The van der Waals surface area contributed by atoms with E-state index in [1.165, 1.54) is 18.2 Å². The van der Waals surface area contributed by atoms with Crippen LogP contribution in [0.5, 0.6) is 17.2 Å². The van der Waals surface area contributed by atoms with Crippen molar-refractivity contribution >= 4 is 11.6 Å². The fourth-order valence-electron chi connectivity index (χ4n) is 2.64. The minimum absolute atomic E-state index is 0.00507. The van der Waals surface area contributed by atoms with Crippen LogP contribution < -0.4 is 10.2 Å². The van der Waals surface area contributed by atoms with Crippen molar-refractivity contribution in [2.45, 2.75) is 6.92 Å². The molecule has 142 valence electrons. The zero-order valence-electron chi connectivity index (χ0n) is 15.3. The summed E-state index contributed by atoms with van der Waals surface area (Å²) in [4.78, 5) is 12.1. The number of hydrogen-bond donors (Lipinski definition) is 3. The predicted molar refractivity (Wildman–Crippen MR) is 107 cm³/mol. The molecule has 6 heteroatoms. The zero-order valence-corrected chi connectivity index (χ0v) is 15.3. The molecular formula is C22H20N2O4. The lowest BCUT2D eigenvalue weighted by molar-refractivity contribution is -0.123. The van der Waals surface area contributed by atoms with Crippen LogP contribution in [0.3, 0.4) is 0 Å². The third kappa shape index (κ3) is 4.67. The number of aromatic hydroxyl groups is 2. The number of hydrazone groups is 1. The lowest BCUT2D eigenvalue weighted by Gasteiger charge is -2.11. The van der Waals surface area contributed by atoms with Gasteiger partial charge in [-0.05, 0) is 36.8 Å². The molecule has 0 spiro atoms. The molecule has 3 aromatic rings. The minimum Gasteiger partial charge on any atom is -0.508 e. The van der Waals surface area contributed by atoms with E-state index in [9.17, 15) is 15.0 Å². The van der Waals surface area contributed by atoms with Crippen LogP contribution in [0.15, 0.2) is 77.9 Å². The van der Waals surface area contributed by atoms with Crippen molar-refractivity contribution in [2.24, 2.45) is 5.10 Å². The molecule has 0 unspecified atom stereocenters. The molecule has 1 amide bonds. The number of para-hydroxylation sites is 1. The molecule has 6 nitrogen and oxygen atoms in total. The number of phenols is 2. The zero-order chi connectivity index (χ0) is 19.9. The summed E-state index contributed by atoms with van der Waals surface area (Å²) in [5.74, 6) is 0.105. The molecule has 0 saturated heterocycles. The van der Waals surface area contributed by atoms with Crippen LogP contribution in [0.2, 0.25) is 0 Å². The van der Waals surface area contributed by atoms with Gasteiger partial charge in [-0.15, -0.1) is 0 Å². The van der Waals surface area contributed by atoms with Gasteiger partial charge in [0.25, 0.3) is 5.91 Å². The van der Waals surface area contributed by atoms with E-state index in [2.05, 4.69) is 10.5 Å². The Hall–Kier alpha value is -3.80. The third-order valence-electron chi connectivity index (χ3n) is 4.05. The van der Waals surface area contributed by atoms with Crippen LogP contribution in [-0.2, 0) is 4.79 Å². The maximum Gasteiger partial charge on any atom is 0.277 e. The highest BCUT2D eigenvalue weighted by Gasteiger charge is 2.09. The van der Waals surface area contributed by atoms with E-state index in [0.717, 1.165) is 11.1 Å². The first-order valence-corrected chi connectivity index (χ1v) is 8.67. The Labute approximate surface area is 162 Å². The van der Waals surface area contributed by atoms with Crippen LogP contribution in [0.4, 0.5) is 0 Å². The van der Waals surface area contributed by atoms with Gasteiger partial charge in [-0.25, -0.2) is 5.43 Å². The van der Waals surface area contributed by atoms with Gasteiger partial charge in [0.1, 0.15) is 17.2 Å². The van der Waals surface area contributed by atoms with Crippen molar-refractivity contribution in [3.8, 4) is 28.4 Å². The number of carbonyl (C=O) groups excluding carboxylic acids is 1. The van der Waals surface area contributed by atoms with Gasteiger partial charge in [-0.2, -0.15) is 5.10 Å². The highest BCUT2D eigenvalue weighted by atomic mass is 16.5. The maximum atomic E-state index is 12.1. The average molecular weight is 376 g/mol. The monoisotopic (exact) mass is 376 g/mol. The SMILES string of the molecule is C/C(=N/NC(=O)COc1ccccc1-c1ccccc1)c1cc(O)ccc1O. The van der Waals surface area contributed by atoms with Gasteiger partial charge in [0.2, 0.25) is 0 Å². The number of nitrogens with zero attached hydrogens (tertiary/aromatic N) is 1. The summed E-state index contributed by atoms with van der Waals surface area (Å²) in [6.45, 7) is 1.40. The first kappa shape index (κ1) is 19.0. The Balaban J connectivity index is 1.65. The van der Waals surface area contributed by atoms with E-state index in [-0.39, 0.29) is 18.1 Å². The van der Waals surface area contributed by atoms with Gasteiger partial charge in [-0.3, -0.25) is 4.79 Å². The van der Waals surface area contributed by atoms with E-state index < -0.39 is 5.91 Å². The van der Waals surface area contributed by atoms with Gasteiger partial charge < -0.3 is 14.9 Å². The minimum atomic E-state index is -0.443. The van der Waals surface area contributed by atoms with Crippen molar-refractivity contribution in [3.63, 3.8) is 0 Å². The molecule has 28 heavy (non-hydrogen) atoms. The highest BCUT2D eigenvalue weighted by molar-refractivity contribution is 6.01. The fourth-order valence-corrected chi connectivity index (χ4v) is 2.64. The van der Waals surface area contributed by atoms with E-state index in [0.29, 0.717) is 17.0 Å². The fraction of sp³-hybridized carbons (Fsp3) is 0.0909. The first-order chi connectivity index (χ1) is 13.5. The smallest absolute Gasteiger partial charge is 0.277 e. The molecule has 3 aromatic carbocycles. The summed E-state index contributed by atoms with van der Waals surface area (Å²) in [5, 5.41) is 23.3. The lowest BCUT2D eigenvalue weighted by atomic mass is 10.1. The van der Waals surface area contributed by atoms with Gasteiger partial charge >= 0.3 is 0 Å². The van der Waals surface area contributed by atoms with Crippen LogP contribution in [-0.4, -0.2) is 28.4 Å². The number of nitrogens with one attached hydrogen (secondary N) is 1. The van der Waals surface area contributed by atoms with Gasteiger partial charge in [-0.1, -0.05) is 48.5 Å². The Morgan fingerprint density at radius 3 is 2.50 bits per heavy atom. The molecule has 0 aromatic heterocycles. The molecule has 0 atom stereocenters. The quantitative estimate of drug-likeness (QED) is 0.348. The number of hydrogen-bond acceptors (Lipinski definition) is 5. The molecule has 3 rings (SSSR count). The summed E-state index contributed by atoms with van der Waals surface area (Å²) >= 11 is 0. The number of phenolic OH excluding ortho intramolecular Hbond substituents is 2. The summed E-state index contributed by atoms with van der Waals surface area (Å²) in [6.07, 6.45) is 0. The van der Waals surface area contributed by atoms with E-state index in [4.69, 9.17) is 4.74 Å². The number of ether oxygens (including phenoxy) is 1. The van der Waals surface area contributed by atoms with Crippen LogP contribution >= 0.6 is 0 Å². The standard InChI is InChI=1S/C22H20N2O4/c1-15(19-13-17(25)11-12-20(19)26)23-24-22(27)14-28-21-10-6-5-9-18(21)16-7-3-2-4-8-16/h2-13,25-26H,14H2,1H3,(H,24,27)/b23-15-. The van der Waals surface area contributed by atoms with Crippen LogP contribution in [0, 0.1) is 0 Å². The average Bonchev–Trinajstić information content (AvgIpc) is 2.73. The second-order valence-corrected chi connectivity index (χ2v) is 6.08. The molecule has 0 aliphatic rings. The second-order valence-electron chi connectivity index (χ2n) is 6.08. The third-order valence-corrected chi connectivity index (χ3v) is 4.05. The molecule has 0 bridgehead atoms. The molecule has 3 N–H and O–H groups in total. The lowest BCUT2D eigenvalue weighted by Crippen LogP contribution is -2.25. The Kier molecular flexibility index (Phi) is 5.91. The van der Waals surface area contributed by atoms with E-state index in [1.807, 2.05) is 48.5 Å². The normalized spacial score (nSPS) is 11.1. The van der Waals surface area contributed by atoms with Gasteiger partial charge in [0.05, 0.1) is 5.71 Å².